The van der Waals surface area contributed by atoms with Gasteiger partial charge in [-0.3, -0.25) is 0 Å². The molecule has 0 radical (unpaired) electrons. The fraction of sp³-hybridized carbons (Fsp3) is 1.00. The molecule has 1 saturated heterocycles. The second-order valence-electron chi connectivity index (χ2n) is 6.19. The van der Waals surface area contributed by atoms with Crippen molar-refractivity contribution >= 4 is 0 Å². The van der Waals surface area contributed by atoms with Crippen molar-refractivity contribution in [2.75, 3.05) is 26.3 Å². The van der Waals surface area contributed by atoms with Gasteiger partial charge in [-0.1, -0.05) is 6.92 Å². The Morgan fingerprint density at radius 3 is 2.78 bits per heavy atom. The van der Waals surface area contributed by atoms with E-state index in [-0.39, 0.29) is 0 Å². The molecule has 0 bridgehead atoms. The zero-order chi connectivity index (χ0) is 13.0. The number of ether oxygens (including phenoxy) is 2. The van der Waals surface area contributed by atoms with Crippen LogP contribution in [0.4, 0.5) is 0 Å². The Kier molecular flexibility index (Phi) is 5.05. The topological polar surface area (TPSA) is 30.5 Å². The Labute approximate surface area is 112 Å². The van der Waals surface area contributed by atoms with Gasteiger partial charge in [-0.15, -0.1) is 0 Å². The van der Waals surface area contributed by atoms with Crippen LogP contribution in [0.2, 0.25) is 0 Å². The quantitative estimate of drug-likeness (QED) is 0.723. The van der Waals surface area contributed by atoms with Gasteiger partial charge in [-0.25, -0.2) is 0 Å². The predicted molar refractivity (Wildman–Crippen MR) is 73.8 cm³/mol. The molecule has 2 aliphatic rings. The highest BCUT2D eigenvalue weighted by Gasteiger charge is 2.50. The van der Waals surface area contributed by atoms with Gasteiger partial charge >= 0.3 is 0 Å². The van der Waals surface area contributed by atoms with Crippen molar-refractivity contribution in [1.29, 1.82) is 0 Å². The lowest BCUT2D eigenvalue weighted by Gasteiger charge is -2.35. The highest BCUT2D eigenvalue weighted by molar-refractivity contribution is 5.00. The summed E-state index contributed by atoms with van der Waals surface area (Å²) < 4.78 is 11.8. The number of rotatable bonds is 8. The van der Waals surface area contributed by atoms with E-state index >= 15 is 0 Å². The molecular weight excluding hydrogens is 226 g/mol. The summed E-state index contributed by atoms with van der Waals surface area (Å²) in [6, 6.07) is 0. The number of nitrogens with one attached hydrogen (secondary N) is 1. The minimum absolute atomic E-state index is 0.325. The van der Waals surface area contributed by atoms with Gasteiger partial charge in [0.15, 0.2) is 0 Å². The smallest absolute Gasteiger partial charge is 0.0673 e. The fourth-order valence-electron chi connectivity index (χ4n) is 3.16. The third-order valence-corrected chi connectivity index (χ3v) is 4.33. The van der Waals surface area contributed by atoms with Crippen molar-refractivity contribution in [3.63, 3.8) is 0 Å². The SMILES string of the molecule is CCNCC1(CCOC(C)C)CCOC1C1CC1. The van der Waals surface area contributed by atoms with Crippen molar-refractivity contribution in [3.05, 3.63) is 0 Å². The Morgan fingerprint density at radius 2 is 2.17 bits per heavy atom. The average molecular weight is 255 g/mol. The zero-order valence-electron chi connectivity index (χ0n) is 12.2. The van der Waals surface area contributed by atoms with E-state index in [1.807, 2.05) is 0 Å². The molecule has 2 unspecified atom stereocenters. The molecule has 0 aromatic carbocycles. The first kappa shape index (κ1) is 14.3. The van der Waals surface area contributed by atoms with E-state index in [2.05, 4.69) is 26.1 Å². The summed E-state index contributed by atoms with van der Waals surface area (Å²) in [5.41, 5.74) is 0.325. The Morgan fingerprint density at radius 1 is 1.39 bits per heavy atom. The number of hydrogen-bond acceptors (Lipinski definition) is 3. The maximum Gasteiger partial charge on any atom is 0.0673 e. The summed E-state index contributed by atoms with van der Waals surface area (Å²) in [6.07, 6.45) is 5.88. The Bertz CT molecular complexity index is 253. The third kappa shape index (κ3) is 3.46. The molecule has 0 aromatic rings. The molecule has 3 heteroatoms. The highest BCUT2D eigenvalue weighted by Crippen LogP contribution is 2.49. The van der Waals surface area contributed by atoms with Gasteiger partial charge in [-0.2, -0.15) is 0 Å². The van der Waals surface area contributed by atoms with Crippen LogP contribution in [-0.4, -0.2) is 38.5 Å². The predicted octanol–water partition coefficient (Wildman–Crippen LogP) is 2.60. The largest absolute Gasteiger partial charge is 0.379 e. The lowest BCUT2D eigenvalue weighted by Crippen LogP contribution is -2.42. The van der Waals surface area contributed by atoms with Crippen LogP contribution in [0.3, 0.4) is 0 Å². The van der Waals surface area contributed by atoms with Crippen LogP contribution in [0.15, 0.2) is 0 Å². The first-order chi connectivity index (χ1) is 8.68. The van der Waals surface area contributed by atoms with Crippen LogP contribution in [0.1, 0.15) is 46.5 Å². The summed E-state index contributed by atoms with van der Waals surface area (Å²) in [5.74, 6) is 0.824. The van der Waals surface area contributed by atoms with Crippen LogP contribution in [-0.2, 0) is 9.47 Å². The Balaban J connectivity index is 1.92. The zero-order valence-corrected chi connectivity index (χ0v) is 12.2. The van der Waals surface area contributed by atoms with Gasteiger partial charge in [-0.05, 0) is 52.0 Å². The molecule has 0 amide bonds. The van der Waals surface area contributed by atoms with E-state index in [4.69, 9.17) is 9.47 Å². The number of hydrogen-bond donors (Lipinski definition) is 1. The van der Waals surface area contributed by atoms with E-state index in [1.54, 1.807) is 0 Å². The summed E-state index contributed by atoms with van der Waals surface area (Å²) in [7, 11) is 0. The molecule has 106 valence electrons. The molecule has 18 heavy (non-hydrogen) atoms. The van der Waals surface area contributed by atoms with Crippen LogP contribution in [0.25, 0.3) is 0 Å². The molecule has 0 spiro atoms. The highest BCUT2D eigenvalue weighted by atomic mass is 16.5. The second-order valence-corrected chi connectivity index (χ2v) is 6.19. The van der Waals surface area contributed by atoms with Gasteiger partial charge in [0.05, 0.1) is 12.2 Å². The fourth-order valence-corrected chi connectivity index (χ4v) is 3.16. The van der Waals surface area contributed by atoms with E-state index < -0.39 is 0 Å². The molecule has 3 nitrogen and oxygen atoms in total. The molecule has 2 rings (SSSR count). The van der Waals surface area contributed by atoms with E-state index in [1.165, 1.54) is 19.3 Å². The standard InChI is InChI=1S/C15H29NO2/c1-4-16-11-15(7-9-17-12(2)3)8-10-18-14(15)13-5-6-13/h12-14,16H,4-11H2,1-3H3. The van der Waals surface area contributed by atoms with Crippen molar-refractivity contribution in [2.45, 2.75) is 58.7 Å². The average Bonchev–Trinajstić information content (AvgIpc) is 3.09. The molecule has 0 aromatic heterocycles. The first-order valence-electron chi connectivity index (χ1n) is 7.62. The molecule has 2 fully saturated rings. The van der Waals surface area contributed by atoms with Crippen LogP contribution in [0.5, 0.6) is 0 Å². The van der Waals surface area contributed by atoms with Gasteiger partial charge < -0.3 is 14.8 Å². The minimum atomic E-state index is 0.325. The lowest BCUT2D eigenvalue weighted by atomic mass is 9.76. The van der Waals surface area contributed by atoms with E-state index in [0.717, 1.165) is 38.6 Å². The third-order valence-electron chi connectivity index (χ3n) is 4.33. The monoisotopic (exact) mass is 255 g/mol. The van der Waals surface area contributed by atoms with Crippen molar-refractivity contribution in [3.8, 4) is 0 Å². The van der Waals surface area contributed by atoms with E-state index in [9.17, 15) is 0 Å². The molecule has 1 N–H and O–H groups in total. The molecular formula is C15H29NO2. The van der Waals surface area contributed by atoms with Crippen molar-refractivity contribution in [1.82, 2.24) is 5.32 Å². The Hall–Kier alpha value is -0.120. The van der Waals surface area contributed by atoms with Gasteiger partial charge in [0.1, 0.15) is 0 Å². The van der Waals surface area contributed by atoms with E-state index in [0.29, 0.717) is 17.6 Å². The summed E-state index contributed by atoms with van der Waals surface area (Å²) >= 11 is 0. The molecule has 1 aliphatic carbocycles. The first-order valence-corrected chi connectivity index (χ1v) is 7.62. The molecule has 1 aliphatic heterocycles. The molecule has 1 heterocycles. The maximum absolute atomic E-state index is 6.05. The minimum Gasteiger partial charge on any atom is -0.379 e. The van der Waals surface area contributed by atoms with Crippen LogP contribution in [0, 0.1) is 11.3 Å². The van der Waals surface area contributed by atoms with Crippen LogP contribution >= 0.6 is 0 Å². The van der Waals surface area contributed by atoms with Gasteiger partial charge in [0.25, 0.3) is 0 Å². The summed E-state index contributed by atoms with van der Waals surface area (Å²) in [6.45, 7) is 10.3. The molecule has 2 atom stereocenters. The van der Waals surface area contributed by atoms with Crippen molar-refractivity contribution in [2.24, 2.45) is 11.3 Å². The second kappa shape index (κ2) is 6.36. The lowest BCUT2D eigenvalue weighted by molar-refractivity contribution is -0.00142. The van der Waals surface area contributed by atoms with Gasteiger partial charge in [0, 0.05) is 25.2 Å². The summed E-state index contributed by atoms with van der Waals surface area (Å²) in [5, 5.41) is 3.55. The van der Waals surface area contributed by atoms with Crippen LogP contribution < -0.4 is 5.32 Å². The maximum atomic E-state index is 6.05. The normalized spacial score (nSPS) is 32.3. The van der Waals surface area contributed by atoms with Gasteiger partial charge in [0.2, 0.25) is 0 Å². The van der Waals surface area contributed by atoms with Crippen molar-refractivity contribution < 1.29 is 9.47 Å². The summed E-state index contributed by atoms with van der Waals surface area (Å²) in [4.78, 5) is 0. The molecule has 1 saturated carbocycles.